The van der Waals surface area contributed by atoms with Crippen LogP contribution in [-0.2, 0) is 16.6 Å². The number of sulfonamides is 1. The molecular formula is C15H15ClN2O2S. The molecule has 0 bridgehead atoms. The molecule has 0 saturated carbocycles. The molecule has 4 nitrogen and oxygen atoms in total. The lowest BCUT2D eigenvalue weighted by Gasteiger charge is -2.08. The molecule has 0 radical (unpaired) electrons. The summed E-state index contributed by atoms with van der Waals surface area (Å²) >= 11 is 5.78. The number of para-hydroxylation sites is 1. The SMILES string of the molecule is NCc1ccccc1NS(=O)(=O)C=Cc1ccc(Cl)cc1. The highest BCUT2D eigenvalue weighted by Gasteiger charge is 2.08. The zero-order valence-electron chi connectivity index (χ0n) is 11.2. The van der Waals surface area contributed by atoms with E-state index in [-0.39, 0.29) is 6.54 Å². The molecule has 0 saturated heterocycles. The van der Waals surface area contributed by atoms with Crippen molar-refractivity contribution in [1.82, 2.24) is 0 Å². The first-order valence-corrected chi connectivity index (χ1v) is 8.17. The summed E-state index contributed by atoms with van der Waals surface area (Å²) in [6, 6.07) is 13.9. The first kappa shape index (κ1) is 15.6. The van der Waals surface area contributed by atoms with Crippen LogP contribution in [0.3, 0.4) is 0 Å². The van der Waals surface area contributed by atoms with Gasteiger partial charge in [-0.15, -0.1) is 0 Å². The molecule has 2 aromatic carbocycles. The van der Waals surface area contributed by atoms with E-state index in [0.29, 0.717) is 10.7 Å². The van der Waals surface area contributed by atoms with Gasteiger partial charge in [0, 0.05) is 11.6 Å². The molecule has 0 heterocycles. The van der Waals surface area contributed by atoms with Gasteiger partial charge in [-0.25, -0.2) is 8.42 Å². The highest BCUT2D eigenvalue weighted by Crippen LogP contribution is 2.17. The van der Waals surface area contributed by atoms with Crippen molar-refractivity contribution in [2.45, 2.75) is 6.54 Å². The molecule has 0 atom stereocenters. The second-order valence-electron chi connectivity index (χ2n) is 4.36. The summed E-state index contributed by atoms with van der Waals surface area (Å²) in [7, 11) is -3.59. The zero-order chi connectivity index (χ0) is 15.3. The number of hydrogen-bond donors (Lipinski definition) is 2. The van der Waals surface area contributed by atoms with Gasteiger partial charge in [0.2, 0.25) is 0 Å². The van der Waals surface area contributed by atoms with Gasteiger partial charge in [0.05, 0.1) is 11.1 Å². The smallest absolute Gasteiger partial charge is 0.255 e. The number of nitrogens with one attached hydrogen (secondary N) is 1. The van der Waals surface area contributed by atoms with Crippen LogP contribution in [0.15, 0.2) is 53.9 Å². The van der Waals surface area contributed by atoms with E-state index in [1.165, 1.54) is 6.08 Å². The normalized spacial score (nSPS) is 11.7. The van der Waals surface area contributed by atoms with E-state index in [1.807, 2.05) is 6.07 Å². The molecule has 0 aliphatic heterocycles. The molecule has 2 aromatic rings. The molecule has 110 valence electrons. The largest absolute Gasteiger partial charge is 0.326 e. The van der Waals surface area contributed by atoms with Crippen molar-refractivity contribution < 1.29 is 8.42 Å². The molecule has 0 aliphatic rings. The number of hydrogen-bond acceptors (Lipinski definition) is 3. The molecule has 0 aromatic heterocycles. The van der Waals surface area contributed by atoms with E-state index in [1.54, 1.807) is 42.5 Å². The van der Waals surface area contributed by atoms with Crippen LogP contribution in [0, 0.1) is 0 Å². The number of benzene rings is 2. The van der Waals surface area contributed by atoms with Gasteiger partial charge in [-0.2, -0.15) is 0 Å². The van der Waals surface area contributed by atoms with E-state index < -0.39 is 10.0 Å². The third-order valence-corrected chi connectivity index (χ3v) is 4.05. The minimum Gasteiger partial charge on any atom is -0.326 e. The van der Waals surface area contributed by atoms with Gasteiger partial charge in [0.25, 0.3) is 10.0 Å². The first-order valence-electron chi connectivity index (χ1n) is 6.24. The van der Waals surface area contributed by atoms with Crippen molar-refractivity contribution in [3.05, 3.63) is 70.1 Å². The maximum absolute atomic E-state index is 12.0. The average molecular weight is 323 g/mol. The summed E-state index contributed by atoms with van der Waals surface area (Å²) in [6.07, 6.45) is 1.50. The molecule has 0 unspecified atom stereocenters. The second kappa shape index (κ2) is 6.76. The van der Waals surface area contributed by atoms with E-state index in [4.69, 9.17) is 17.3 Å². The van der Waals surface area contributed by atoms with Crippen molar-refractivity contribution >= 4 is 33.4 Å². The molecule has 2 rings (SSSR count). The van der Waals surface area contributed by atoms with Gasteiger partial charge in [-0.3, -0.25) is 4.72 Å². The summed E-state index contributed by atoms with van der Waals surface area (Å²) in [5, 5.41) is 1.72. The molecule has 0 amide bonds. The van der Waals surface area contributed by atoms with Crippen LogP contribution >= 0.6 is 11.6 Å². The number of anilines is 1. The summed E-state index contributed by atoms with van der Waals surface area (Å²) in [6.45, 7) is 0.263. The third kappa shape index (κ3) is 4.60. The maximum Gasteiger partial charge on any atom is 0.255 e. The fourth-order valence-electron chi connectivity index (χ4n) is 1.73. The van der Waals surface area contributed by atoms with Crippen LogP contribution in [0.25, 0.3) is 6.08 Å². The molecule has 0 aliphatic carbocycles. The fourth-order valence-corrected chi connectivity index (χ4v) is 2.76. The third-order valence-electron chi connectivity index (χ3n) is 2.80. The summed E-state index contributed by atoms with van der Waals surface area (Å²) in [4.78, 5) is 0. The van der Waals surface area contributed by atoms with E-state index in [9.17, 15) is 8.42 Å². The summed E-state index contributed by atoms with van der Waals surface area (Å²) < 4.78 is 26.6. The van der Waals surface area contributed by atoms with Crippen molar-refractivity contribution in [3.63, 3.8) is 0 Å². The standard InChI is InChI=1S/C15H15ClN2O2S/c16-14-7-5-12(6-8-14)9-10-21(19,20)18-15-4-2-1-3-13(15)11-17/h1-10,18H,11,17H2. The van der Waals surface area contributed by atoms with Crippen LogP contribution in [0.1, 0.15) is 11.1 Å². The van der Waals surface area contributed by atoms with Gasteiger partial charge in [0.15, 0.2) is 0 Å². The number of halogens is 1. The second-order valence-corrected chi connectivity index (χ2v) is 6.37. The van der Waals surface area contributed by atoms with Crippen molar-refractivity contribution in [2.24, 2.45) is 5.73 Å². The van der Waals surface area contributed by atoms with Crippen LogP contribution in [-0.4, -0.2) is 8.42 Å². The monoisotopic (exact) mass is 322 g/mol. The predicted octanol–water partition coefficient (Wildman–Crippen LogP) is 3.21. The first-order chi connectivity index (χ1) is 10.00. The molecule has 0 spiro atoms. The van der Waals surface area contributed by atoms with E-state index >= 15 is 0 Å². The number of nitrogens with two attached hydrogens (primary N) is 1. The Balaban J connectivity index is 2.17. The molecule has 21 heavy (non-hydrogen) atoms. The maximum atomic E-state index is 12.0. The van der Waals surface area contributed by atoms with Gasteiger partial charge in [-0.05, 0) is 35.4 Å². The van der Waals surface area contributed by atoms with Crippen molar-refractivity contribution in [1.29, 1.82) is 0 Å². The fraction of sp³-hybridized carbons (Fsp3) is 0.0667. The molecule has 0 fully saturated rings. The lowest BCUT2D eigenvalue weighted by Crippen LogP contribution is -2.11. The lowest BCUT2D eigenvalue weighted by atomic mass is 10.2. The van der Waals surface area contributed by atoms with Crippen LogP contribution in [0.4, 0.5) is 5.69 Å². The van der Waals surface area contributed by atoms with Gasteiger partial charge in [-0.1, -0.05) is 41.9 Å². The Hall–Kier alpha value is -1.82. The van der Waals surface area contributed by atoms with Crippen LogP contribution in [0.5, 0.6) is 0 Å². The Morgan fingerprint density at radius 1 is 1.10 bits per heavy atom. The molecular weight excluding hydrogens is 308 g/mol. The minimum atomic E-state index is -3.59. The minimum absolute atomic E-state index is 0.263. The lowest BCUT2D eigenvalue weighted by molar-refractivity contribution is 0.609. The van der Waals surface area contributed by atoms with Crippen molar-refractivity contribution in [2.75, 3.05) is 4.72 Å². The number of rotatable bonds is 5. The van der Waals surface area contributed by atoms with Gasteiger partial charge < -0.3 is 5.73 Å². The average Bonchev–Trinajstić information content (AvgIpc) is 2.47. The quantitative estimate of drug-likeness (QED) is 0.887. The van der Waals surface area contributed by atoms with Gasteiger partial charge in [0.1, 0.15) is 0 Å². The summed E-state index contributed by atoms with van der Waals surface area (Å²) in [5.74, 6) is 0. The van der Waals surface area contributed by atoms with Gasteiger partial charge >= 0.3 is 0 Å². The van der Waals surface area contributed by atoms with Crippen molar-refractivity contribution in [3.8, 4) is 0 Å². The van der Waals surface area contributed by atoms with E-state index in [0.717, 1.165) is 16.5 Å². The highest BCUT2D eigenvalue weighted by molar-refractivity contribution is 7.95. The zero-order valence-corrected chi connectivity index (χ0v) is 12.7. The van der Waals surface area contributed by atoms with Crippen LogP contribution < -0.4 is 10.5 Å². The Labute approximate surface area is 129 Å². The summed E-state index contributed by atoms with van der Waals surface area (Å²) in [5.41, 5.74) is 7.55. The molecule has 6 heteroatoms. The van der Waals surface area contributed by atoms with Crippen LogP contribution in [0.2, 0.25) is 5.02 Å². The topological polar surface area (TPSA) is 72.2 Å². The Morgan fingerprint density at radius 2 is 1.76 bits per heavy atom. The van der Waals surface area contributed by atoms with E-state index in [2.05, 4.69) is 4.72 Å². The molecule has 3 N–H and O–H groups in total. The predicted molar refractivity (Wildman–Crippen MR) is 87.4 cm³/mol. The Bertz CT molecular complexity index is 741. The Morgan fingerprint density at radius 3 is 2.43 bits per heavy atom. The Kier molecular flexibility index (Phi) is 5.01. The highest BCUT2D eigenvalue weighted by atomic mass is 35.5.